The number of nitrogens with one attached hydrogen (secondary N) is 1. The Morgan fingerprint density at radius 1 is 0.583 bits per heavy atom. The molecule has 3 atom stereocenters. The van der Waals surface area contributed by atoms with Crippen LogP contribution in [0.3, 0.4) is 0 Å². The molecule has 388 valence electrons. The first-order valence-electron chi connectivity index (χ1n) is 25.0. The molecule has 5 aromatic rings. The van der Waals surface area contributed by atoms with Crippen molar-refractivity contribution >= 4 is 98.6 Å². The van der Waals surface area contributed by atoms with E-state index in [1.807, 2.05) is 60.7 Å². The first kappa shape index (κ1) is 56.6. The Morgan fingerprint density at radius 2 is 1.03 bits per heavy atom. The fourth-order valence-corrected chi connectivity index (χ4v) is 11.7. The van der Waals surface area contributed by atoms with E-state index in [1.54, 1.807) is 14.0 Å². The summed E-state index contributed by atoms with van der Waals surface area (Å²) in [4.78, 5) is 22.6. The van der Waals surface area contributed by atoms with Crippen LogP contribution in [0.4, 0.5) is 11.4 Å². The van der Waals surface area contributed by atoms with Crippen LogP contribution >= 0.6 is 81.2 Å². The maximum Gasteiger partial charge on any atom is 0.304 e. The monoisotopic (exact) mass is 1120 g/mol. The van der Waals surface area contributed by atoms with Gasteiger partial charge in [-0.3, -0.25) is 19.5 Å². The third kappa shape index (κ3) is 16.9. The van der Waals surface area contributed by atoms with Crippen molar-refractivity contribution in [1.29, 1.82) is 0 Å². The molecule has 0 amide bonds. The summed E-state index contributed by atoms with van der Waals surface area (Å²) in [5.74, 6) is 2.08. The van der Waals surface area contributed by atoms with E-state index in [2.05, 4.69) is 83.1 Å². The molecule has 0 aromatic heterocycles. The molecule has 4 fully saturated rings. The van der Waals surface area contributed by atoms with Crippen molar-refractivity contribution < 1.29 is 14.3 Å². The molecule has 1 unspecified atom stereocenters. The van der Waals surface area contributed by atoms with E-state index in [-0.39, 0.29) is 18.1 Å². The highest BCUT2D eigenvalue weighted by Crippen LogP contribution is 2.39. The number of ether oxygens (including phenoxy) is 2. The van der Waals surface area contributed by atoms with Gasteiger partial charge in [-0.05, 0) is 160 Å². The van der Waals surface area contributed by atoms with E-state index in [4.69, 9.17) is 85.9 Å². The Hall–Kier alpha value is -3.16. The Labute approximate surface area is 462 Å². The number of carbonyl (C=O) groups is 1. The number of alkyl halides is 1. The van der Waals surface area contributed by atoms with Crippen LogP contribution in [0.1, 0.15) is 68.3 Å². The second kappa shape index (κ2) is 28.1. The van der Waals surface area contributed by atoms with Crippen molar-refractivity contribution in [1.82, 2.24) is 20.0 Å². The molecule has 5 aromatic carbocycles. The molecule has 0 aliphatic carbocycles. The number of methoxy groups -OCH3 is 1. The highest BCUT2D eigenvalue weighted by Gasteiger charge is 2.33. The molecule has 0 saturated carbocycles. The van der Waals surface area contributed by atoms with Crippen molar-refractivity contribution in [2.75, 3.05) is 95.4 Å². The Morgan fingerprint density at radius 3 is 1.43 bits per heavy atom. The van der Waals surface area contributed by atoms with Gasteiger partial charge in [-0.15, -0.1) is 0 Å². The second-order valence-corrected chi connectivity index (χ2v) is 22.3. The van der Waals surface area contributed by atoms with Gasteiger partial charge in [0.2, 0.25) is 0 Å². The number of hydrogen-bond acceptors (Lipinski definition) is 9. The molecule has 1 N–H and O–H groups in total. The summed E-state index contributed by atoms with van der Waals surface area (Å²) in [5.41, 5.74) is 5.46. The summed E-state index contributed by atoms with van der Waals surface area (Å²) >= 11 is 43.1. The van der Waals surface area contributed by atoms with Gasteiger partial charge in [-0.25, -0.2) is 0 Å². The summed E-state index contributed by atoms with van der Waals surface area (Å²) in [5, 5.41) is 7.72. The zero-order valence-corrected chi connectivity index (χ0v) is 46.7. The molecule has 0 spiro atoms. The SMILES string of the molecule is CC(=O)OC(C)Cl.COc1ccc(CN2CCC(CN3CCN(c4ccc(Cl)cc4Cl)[C@H](c4ccc(Cl)cc4)C3)CC2)cc1.Clc1ccc([C@@H]2CN(CC3CCNCC3)CCN2c2ccc(Cl)cc2Cl)cc1. The quantitative estimate of drug-likeness (QED) is 0.0972. The number of likely N-dealkylation sites (tertiary alicyclic amines) is 1. The van der Waals surface area contributed by atoms with Crippen LogP contribution < -0.4 is 19.9 Å². The molecule has 9 rings (SSSR count). The van der Waals surface area contributed by atoms with E-state index in [9.17, 15) is 4.79 Å². The number of anilines is 2. The molecule has 4 aliphatic heterocycles. The van der Waals surface area contributed by atoms with Gasteiger partial charge in [0.25, 0.3) is 0 Å². The van der Waals surface area contributed by atoms with Crippen LogP contribution in [0.25, 0.3) is 0 Å². The number of benzene rings is 5. The van der Waals surface area contributed by atoms with Crippen LogP contribution in [0.5, 0.6) is 5.75 Å². The lowest BCUT2D eigenvalue weighted by Gasteiger charge is -2.45. The number of piperazine rings is 2. The fourth-order valence-electron chi connectivity index (χ4n) is 10.3. The first-order chi connectivity index (χ1) is 34.7. The average molecular weight is 1120 g/mol. The predicted octanol–water partition coefficient (Wildman–Crippen LogP) is 14.1. The van der Waals surface area contributed by atoms with Crippen LogP contribution in [0.15, 0.2) is 109 Å². The van der Waals surface area contributed by atoms with Crippen molar-refractivity contribution in [3.63, 3.8) is 0 Å². The van der Waals surface area contributed by atoms with Gasteiger partial charge >= 0.3 is 5.97 Å². The van der Waals surface area contributed by atoms with Gasteiger partial charge in [0.15, 0.2) is 5.56 Å². The van der Waals surface area contributed by atoms with Crippen molar-refractivity contribution in [3.05, 3.63) is 156 Å². The van der Waals surface area contributed by atoms with Crippen LogP contribution in [0, 0.1) is 11.8 Å². The van der Waals surface area contributed by atoms with E-state index in [0.29, 0.717) is 20.1 Å². The smallest absolute Gasteiger partial charge is 0.304 e. The molecule has 16 heteroatoms. The molecular weight excluding hydrogens is 1050 g/mol. The summed E-state index contributed by atoms with van der Waals surface area (Å²) in [6, 6.07) is 37.0. The minimum absolute atomic E-state index is 0.208. The summed E-state index contributed by atoms with van der Waals surface area (Å²) < 4.78 is 9.67. The zero-order valence-electron chi connectivity index (χ0n) is 41.4. The highest BCUT2D eigenvalue weighted by atomic mass is 35.5. The normalized spacial score (nSPS) is 19.9. The van der Waals surface area contributed by atoms with E-state index < -0.39 is 5.56 Å². The van der Waals surface area contributed by atoms with Crippen molar-refractivity contribution in [2.24, 2.45) is 11.8 Å². The van der Waals surface area contributed by atoms with Crippen LogP contribution in [0.2, 0.25) is 30.1 Å². The standard InChI is InChI=1S/C30H34Cl3N3O.C22H26Cl3N3.C4H7ClO2/c1-37-27-9-2-22(3-10-27)19-34-14-12-23(13-15-34)20-35-16-17-36(29-11-8-26(32)18-28(29)33)30(21-35)24-4-6-25(31)7-5-24;23-18-3-1-17(2-4-18)22-15-27(14-16-7-9-26-10-8-16)11-12-28(22)21-6-5-19(24)13-20(21)25;1-3(5)7-4(2)6/h2-11,18,23,30H,12-17,19-21H2,1H3;1-6,13,16,22,26H,7-12,14-15H2;3H,1-2H3/t30-;22-;/m00./s1. The van der Waals surface area contributed by atoms with Gasteiger partial charge < -0.3 is 24.6 Å². The Kier molecular flexibility index (Phi) is 22.1. The van der Waals surface area contributed by atoms with E-state index in [1.165, 1.54) is 55.8 Å². The molecule has 72 heavy (non-hydrogen) atoms. The molecular formula is C56H67Cl7N6O3. The van der Waals surface area contributed by atoms with Crippen LogP contribution in [-0.4, -0.2) is 112 Å². The lowest BCUT2D eigenvalue weighted by atomic mass is 9.94. The summed E-state index contributed by atoms with van der Waals surface area (Å²) in [6.45, 7) is 16.7. The predicted molar refractivity (Wildman–Crippen MR) is 303 cm³/mol. The highest BCUT2D eigenvalue weighted by molar-refractivity contribution is 6.37. The minimum Gasteiger partial charge on any atom is -0.497 e. The maximum absolute atomic E-state index is 9.95. The molecule has 0 radical (unpaired) electrons. The van der Waals surface area contributed by atoms with Gasteiger partial charge in [0.1, 0.15) is 5.75 Å². The molecule has 0 bridgehead atoms. The number of esters is 1. The summed E-state index contributed by atoms with van der Waals surface area (Å²) in [7, 11) is 1.71. The first-order valence-corrected chi connectivity index (χ1v) is 27.7. The van der Waals surface area contributed by atoms with E-state index >= 15 is 0 Å². The number of piperidine rings is 2. The number of rotatable bonds is 12. The fraction of sp³-hybridized carbons (Fsp3) is 0.446. The number of carbonyl (C=O) groups excluding carboxylic acids is 1. The molecule has 4 aliphatic rings. The number of nitrogens with zero attached hydrogens (tertiary/aromatic N) is 5. The molecule has 4 heterocycles. The molecule has 9 nitrogen and oxygen atoms in total. The van der Waals surface area contributed by atoms with E-state index in [0.717, 1.165) is 118 Å². The topological polar surface area (TPSA) is 63.8 Å². The van der Waals surface area contributed by atoms with Gasteiger partial charge in [-0.2, -0.15) is 0 Å². The van der Waals surface area contributed by atoms with Crippen LogP contribution in [-0.2, 0) is 16.1 Å². The third-order valence-electron chi connectivity index (χ3n) is 14.0. The average Bonchev–Trinajstić information content (AvgIpc) is 3.36. The minimum atomic E-state index is -0.502. The van der Waals surface area contributed by atoms with Gasteiger partial charge in [0, 0.05) is 85.9 Å². The number of halogens is 7. The second-order valence-electron chi connectivity index (χ2n) is 19.1. The maximum atomic E-state index is 9.95. The largest absolute Gasteiger partial charge is 0.497 e. The summed E-state index contributed by atoms with van der Waals surface area (Å²) in [6.07, 6.45) is 5.03. The van der Waals surface area contributed by atoms with Gasteiger partial charge in [0.05, 0.1) is 40.6 Å². The lowest BCUT2D eigenvalue weighted by Crippen LogP contribution is -2.50. The van der Waals surface area contributed by atoms with Crippen molar-refractivity contribution in [3.8, 4) is 5.75 Å². The lowest BCUT2D eigenvalue weighted by molar-refractivity contribution is -0.142. The van der Waals surface area contributed by atoms with Crippen molar-refractivity contribution in [2.45, 2.75) is 63.7 Å². The van der Waals surface area contributed by atoms with Gasteiger partial charge in [-0.1, -0.05) is 118 Å². The Balaban J connectivity index is 0.000000192. The Bertz CT molecular complexity index is 2460. The third-order valence-corrected chi connectivity index (χ3v) is 15.6. The number of hydrogen-bond donors (Lipinski definition) is 1. The molecule has 4 saturated heterocycles. The zero-order chi connectivity index (χ0) is 51.1.